The summed E-state index contributed by atoms with van der Waals surface area (Å²) in [5, 5.41) is 5.94. The summed E-state index contributed by atoms with van der Waals surface area (Å²) in [6, 6.07) is 1.91. The predicted molar refractivity (Wildman–Crippen MR) is 52.9 cm³/mol. The third-order valence-electron chi connectivity index (χ3n) is 1.51. The van der Waals surface area contributed by atoms with Gasteiger partial charge in [0.1, 0.15) is 0 Å². The summed E-state index contributed by atoms with van der Waals surface area (Å²) < 4.78 is 5.83. The van der Waals surface area contributed by atoms with E-state index in [1.807, 2.05) is 13.0 Å². The molecule has 0 aromatic carbocycles. The number of thiophene rings is 1. The van der Waals surface area contributed by atoms with Gasteiger partial charge in [0.05, 0.1) is 8.66 Å². The van der Waals surface area contributed by atoms with Crippen LogP contribution in [0.2, 0.25) is 0 Å². The van der Waals surface area contributed by atoms with E-state index < -0.39 is 5.76 Å². The Morgan fingerprint density at radius 1 is 1.69 bits per heavy atom. The second-order valence-corrected chi connectivity index (χ2v) is 4.86. The molecule has 2 rings (SSSR count). The molecule has 0 atom stereocenters. The molecule has 2 aromatic heterocycles. The normalized spacial score (nSPS) is 10.6. The summed E-state index contributed by atoms with van der Waals surface area (Å²) >= 11 is 4.86. The van der Waals surface area contributed by atoms with Crippen LogP contribution in [-0.2, 0) is 0 Å². The first-order valence-electron chi connectivity index (χ1n) is 3.48. The zero-order valence-corrected chi connectivity index (χ0v) is 9.03. The van der Waals surface area contributed by atoms with Crippen molar-refractivity contribution in [1.82, 2.24) is 10.2 Å². The zero-order valence-electron chi connectivity index (χ0n) is 6.63. The van der Waals surface area contributed by atoms with Crippen LogP contribution in [0.3, 0.4) is 0 Å². The Morgan fingerprint density at radius 2 is 2.46 bits per heavy atom. The average Bonchev–Trinajstić information content (AvgIpc) is 2.61. The van der Waals surface area contributed by atoms with Crippen LogP contribution in [0.1, 0.15) is 5.56 Å². The van der Waals surface area contributed by atoms with E-state index in [-0.39, 0.29) is 0 Å². The van der Waals surface area contributed by atoms with Gasteiger partial charge >= 0.3 is 5.76 Å². The number of hydrogen-bond acceptors (Lipinski definition) is 4. The van der Waals surface area contributed by atoms with Crippen LogP contribution in [0, 0.1) is 6.92 Å². The Bertz CT molecular complexity index is 465. The quantitative estimate of drug-likeness (QED) is 0.855. The lowest BCUT2D eigenvalue weighted by molar-refractivity contribution is 0.528. The number of aryl methyl sites for hydroxylation is 1. The molecule has 0 aliphatic carbocycles. The van der Waals surface area contributed by atoms with Crippen LogP contribution in [0.25, 0.3) is 10.8 Å². The molecule has 4 nitrogen and oxygen atoms in total. The molecular weight excluding hydrogens is 256 g/mol. The van der Waals surface area contributed by atoms with Crippen molar-refractivity contribution in [1.29, 1.82) is 0 Å². The van der Waals surface area contributed by atoms with Crippen LogP contribution in [0.15, 0.2) is 19.1 Å². The number of aromatic amines is 1. The number of aromatic nitrogens is 2. The SMILES string of the molecule is Cc1cc(-c2n[nH]c(=O)o2)sc1Br. The lowest BCUT2D eigenvalue weighted by Crippen LogP contribution is -1.93. The Balaban J connectivity index is 2.52. The van der Waals surface area contributed by atoms with Crippen molar-refractivity contribution < 1.29 is 4.42 Å². The number of nitrogens with zero attached hydrogens (tertiary/aromatic N) is 1. The van der Waals surface area contributed by atoms with Crippen LogP contribution in [0.4, 0.5) is 0 Å². The molecule has 0 amide bonds. The average molecular weight is 261 g/mol. The van der Waals surface area contributed by atoms with Crippen molar-refractivity contribution in [2.24, 2.45) is 0 Å². The van der Waals surface area contributed by atoms with Crippen molar-refractivity contribution in [3.63, 3.8) is 0 Å². The number of rotatable bonds is 1. The number of H-pyrrole nitrogens is 1. The van der Waals surface area contributed by atoms with Gasteiger partial charge in [-0.2, -0.15) is 0 Å². The third kappa shape index (κ3) is 1.59. The fourth-order valence-electron chi connectivity index (χ4n) is 0.901. The maximum absolute atomic E-state index is 10.7. The van der Waals surface area contributed by atoms with Crippen LogP contribution >= 0.6 is 27.3 Å². The Kier molecular flexibility index (Phi) is 2.09. The molecule has 0 aliphatic heterocycles. The molecule has 0 bridgehead atoms. The van der Waals surface area contributed by atoms with Gasteiger partial charge < -0.3 is 4.42 Å². The lowest BCUT2D eigenvalue weighted by atomic mass is 10.3. The molecule has 0 aliphatic rings. The second kappa shape index (κ2) is 3.12. The summed E-state index contributed by atoms with van der Waals surface area (Å²) in [6.07, 6.45) is 0. The first kappa shape index (κ1) is 8.71. The highest BCUT2D eigenvalue weighted by molar-refractivity contribution is 9.11. The summed E-state index contributed by atoms with van der Waals surface area (Å²) in [5.74, 6) is -0.194. The van der Waals surface area contributed by atoms with Gasteiger partial charge in [-0.1, -0.05) is 0 Å². The highest BCUT2D eigenvalue weighted by Gasteiger charge is 2.09. The first-order valence-corrected chi connectivity index (χ1v) is 5.09. The van der Waals surface area contributed by atoms with Gasteiger partial charge in [-0.15, -0.1) is 16.4 Å². The minimum absolute atomic E-state index is 0.337. The zero-order chi connectivity index (χ0) is 9.42. The van der Waals surface area contributed by atoms with E-state index in [1.165, 1.54) is 11.3 Å². The minimum atomic E-state index is -0.530. The van der Waals surface area contributed by atoms with Crippen LogP contribution in [-0.4, -0.2) is 10.2 Å². The van der Waals surface area contributed by atoms with Gasteiger partial charge in [-0.05, 0) is 34.5 Å². The molecule has 0 spiro atoms. The molecule has 2 aromatic rings. The maximum Gasteiger partial charge on any atom is 0.434 e. The third-order valence-corrected chi connectivity index (χ3v) is 3.63. The Morgan fingerprint density at radius 3 is 2.92 bits per heavy atom. The minimum Gasteiger partial charge on any atom is -0.387 e. The van der Waals surface area contributed by atoms with E-state index in [0.717, 1.165) is 14.2 Å². The summed E-state index contributed by atoms with van der Waals surface area (Å²) in [4.78, 5) is 11.5. The molecule has 1 N–H and O–H groups in total. The van der Waals surface area contributed by atoms with Crippen molar-refractivity contribution in [3.05, 3.63) is 26.0 Å². The molecule has 0 saturated heterocycles. The maximum atomic E-state index is 10.7. The number of hydrogen-bond donors (Lipinski definition) is 1. The summed E-state index contributed by atoms with van der Waals surface area (Å²) in [5.41, 5.74) is 1.10. The van der Waals surface area contributed by atoms with Crippen LogP contribution < -0.4 is 5.76 Å². The monoisotopic (exact) mass is 260 g/mol. The predicted octanol–water partition coefficient (Wildman–Crippen LogP) is 2.16. The molecule has 0 fully saturated rings. The largest absolute Gasteiger partial charge is 0.434 e. The highest BCUT2D eigenvalue weighted by Crippen LogP contribution is 2.32. The van der Waals surface area contributed by atoms with E-state index in [2.05, 4.69) is 26.1 Å². The Hall–Kier alpha value is -0.880. The molecule has 13 heavy (non-hydrogen) atoms. The van der Waals surface area contributed by atoms with E-state index >= 15 is 0 Å². The molecular formula is C7H5BrN2O2S. The molecule has 0 saturated carbocycles. The molecule has 0 radical (unpaired) electrons. The second-order valence-electron chi connectivity index (χ2n) is 2.49. The summed E-state index contributed by atoms with van der Waals surface area (Å²) in [7, 11) is 0. The van der Waals surface area contributed by atoms with Gasteiger partial charge in [-0.3, -0.25) is 0 Å². The van der Waals surface area contributed by atoms with E-state index in [4.69, 9.17) is 4.42 Å². The number of halogens is 1. The first-order chi connectivity index (χ1) is 6.16. The van der Waals surface area contributed by atoms with Crippen LogP contribution in [0.5, 0.6) is 0 Å². The van der Waals surface area contributed by atoms with Crippen molar-refractivity contribution in [3.8, 4) is 10.8 Å². The standard InChI is InChI=1S/C7H5BrN2O2S/c1-3-2-4(13-5(3)8)6-9-10-7(11)12-6/h2H,1H3,(H,10,11). The van der Waals surface area contributed by atoms with Gasteiger partial charge in [0.25, 0.3) is 5.89 Å². The smallest absolute Gasteiger partial charge is 0.387 e. The van der Waals surface area contributed by atoms with E-state index in [9.17, 15) is 4.79 Å². The van der Waals surface area contributed by atoms with Gasteiger partial charge in [0.2, 0.25) is 0 Å². The van der Waals surface area contributed by atoms with E-state index in [1.54, 1.807) is 0 Å². The molecule has 6 heteroatoms. The van der Waals surface area contributed by atoms with Crippen molar-refractivity contribution in [2.45, 2.75) is 6.92 Å². The lowest BCUT2D eigenvalue weighted by Gasteiger charge is -1.81. The van der Waals surface area contributed by atoms with Gasteiger partial charge in [-0.25, -0.2) is 9.89 Å². The topological polar surface area (TPSA) is 58.9 Å². The fourth-order valence-corrected chi connectivity index (χ4v) is 2.36. The molecule has 2 heterocycles. The molecule has 68 valence electrons. The van der Waals surface area contributed by atoms with Crippen molar-refractivity contribution in [2.75, 3.05) is 0 Å². The Labute approximate surface area is 85.7 Å². The van der Waals surface area contributed by atoms with Crippen molar-refractivity contribution >= 4 is 27.3 Å². The summed E-state index contributed by atoms with van der Waals surface area (Å²) in [6.45, 7) is 1.97. The fraction of sp³-hybridized carbons (Fsp3) is 0.143. The number of nitrogens with one attached hydrogen (secondary N) is 1. The van der Waals surface area contributed by atoms with Gasteiger partial charge in [0, 0.05) is 0 Å². The highest BCUT2D eigenvalue weighted by atomic mass is 79.9. The molecule has 0 unspecified atom stereocenters. The van der Waals surface area contributed by atoms with E-state index in [0.29, 0.717) is 5.89 Å². The van der Waals surface area contributed by atoms with Gasteiger partial charge in [0.15, 0.2) is 0 Å².